The molecule has 5 heteroatoms. The summed E-state index contributed by atoms with van der Waals surface area (Å²) in [6.45, 7) is 2.31. The van der Waals surface area contributed by atoms with Crippen LogP contribution in [0.25, 0.3) is 0 Å². The molecule has 0 unspecified atom stereocenters. The highest BCUT2D eigenvalue weighted by molar-refractivity contribution is 9.10. The van der Waals surface area contributed by atoms with Crippen LogP contribution in [-0.2, 0) is 17.8 Å². The molecule has 2 aromatic carbocycles. The molecule has 0 aliphatic rings. The molecule has 2 N–H and O–H groups in total. The Morgan fingerprint density at radius 3 is 2.62 bits per heavy atom. The van der Waals surface area contributed by atoms with Crippen LogP contribution in [0.3, 0.4) is 0 Å². The van der Waals surface area contributed by atoms with Crippen molar-refractivity contribution in [3.05, 3.63) is 63.4 Å². The van der Waals surface area contributed by atoms with Crippen molar-refractivity contribution in [2.75, 3.05) is 5.32 Å². The molecule has 0 radical (unpaired) electrons. The maximum atomic E-state index is 13.4. The number of aryl methyl sites for hydroxylation is 1. The molecular formula is C16H15BrFNO2. The van der Waals surface area contributed by atoms with Crippen molar-refractivity contribution in [2.45, 2.75) is 19.9 Å². The number of anilines is 1. The molecule has 0 saturated heterocycles. The van der Waals surface area contributed by atoms with E-state index >= 15 is 0 Å². The van der Waals surface area contributed by atoms with Gasteiger partial charge >= 0.3 is 5.97 Å². The number of benzene rings is 2. The second kappa shape index (κ2) is 6.72. The lowest BCUT2D eigenvalue weighted by molar-refractivity contribution is -0.136. The van der Waals surface area contributed by atoms with Crippen LogP contribution in [0.15, 0.2) is 40.9 Å². The predicted octanol–water partition coefficient (Wildman–Crippen LogP) is 4.14. The van der Waals surface area contributed by atoms with Gasteiger partial charge in [-0.1, -0.05) is 24.3 Å². The number of hydrogen-bond donors (Lipinski definition) is 2. The maximum Gasteiger partial charge on any atom is 0.307 e. The topological polar surface area (TPSA) is 49.3 Å². The predicted molar refractivity (Wildman–Crippen MR) is 83.9 cm³/mol. The van der Waals surface area contributed by atoms with Crippen molar-refractivity contribution < 1.29 is 14.3 Å². The first-order chi connectivity index (χ1) is 9.97. The molecule has 2 aromatic rings. The van der Waals surface area contributed by atoms with Crippen LogP contribution in [0.2, 0.25) is 0 Å². The zero-order valence-electron chi connectivity index (χ0n) is 11.5. The molecule has 0 aromatic heterocycles. The highest BCUT2D eigenvalue weighted by Crippen LogP contribution is 2.25. The lowest BCUT2D eigenvalue weighted by Gasteiger charge is -2.13. The Morgan fingerprint density at radius 2 is 1.95 bits per heavy atom. The smallest absolute Gasteiger partial charge is 0.307 e. The quantitative estimate of drug-likeness (QED) is 0.851. The highest BCUT2D eigenvalue weighted by Gasteiger charge is 2.08. The van der Waals surface area contributed by atoms with E-state index in [4.69, 9.17) is 5.11 Å². The third-order valence-corrected chi connectivity index (χ3v) is 3.80. The van der Waals surface area contributed by atoms with Crippen molar-refractivity contribution in [2.24, 2.45) is 0 Å². The third kappa shape index (κ3) is 4.04. The number of aliphatic carboxylic acids is 1. The summed E-state index contributed by atoms with van der Waals surface area (Å²) >= 11 is 3.16. The molecule has 0 fully saturated rings. The number of carbonyl (C=O) groups is 1. The van der Waals surface area contributed by atoms with Gasteiger partial charge in [-0.05, 0) is 51.7 Å². The van der Waals surface area contributed by atoms with Crippen molar-refractivity contribution in [3.8, 4) is 0 Å². The number of hydrogen-bond acceptors (Lipinski definition) is 2. The van der Waals surface area contributed by atoms with Crippen molar-refractivity contribution in [1.82, 2.24) is 0 Å². The molecule has 0 heterocycles. The summed E-state index contributed by atoms with van der Waals surface area (Å²) in [4.78, 5) is 10.9. The standard InChI is InChI=1S/C16H15BrFNO2/c1-10-6-14(18)13(17)8-15(10)19-9-12-5-3-2-4-11(12)7-16(20)21/h2-6,8,19H,7,9H2,1H3,(H,20,21). The zero-order chi connectivity index (χ0) is 15.4. The van der Waals surface area contributed by atoms with Crippen LogP contribution in [-0.4, -0.2) is 11.1 Å². The summed E-state index contributed by atoms with van der Waals surface area (Å²) in [5.41, 5.74) is 3.30. The molecule has 21 heavy (non-hydrogen) atoms. The maximum absolute atomic E-state index is 13.4. The summed E-state index contributed by atoms with van der Waals surface area (Å²) in [6.07, 6.45) is -0.00997. The molecule has 0 amide bonds. The first-order valence-electron chi connectivity index (χ1n) is 6.45. The van der Waals surface area contributed by atoms with Crippen LogP contribution in [0.4, 0.5) is 10.1 Å². The lowest BCUT2D eigenvalue weighted by atomic mass is 10.0. The van der Waals surface area contributed by atoms with Crippen LogP contribution >= 0.6 is 15.9 Å². The molecule has 0 bridgehead atoms. The fraction of sp³-hybridized carbons (Fsp3) is 0.188. The average Bonchev–Trinajstić information content (AvgIpc) is 2.42. The Bertz CT molecular complexity index is 673. The van der Waals surface area contributed by atoms with E-state index in [0.29, 0.717) is 11.0 Å². The number of carboxylic acids is 1. The van der Waals surface area contributed by atoms with Crippen molar-refractivity contribution >= 4 is 27.6 Å². The third-order valence-electron chi connectivity index (χ3n) is 3.20. The van der Waals surface area contributed by atoms with Gasteiger partial charge in [-0.2, -0.15) is 0 Å². The molecule has 110 valence electrons. The van der Waals surface area contributed by atoms with Crippen molar-refractivity contribution in [3.63, 3.8) is 0 Å². The SMILES string of the molecule is Cc1cc(F)c(Br)cc1NCc1ccccc1CC(=O)O. The molecule has 0 atom stereocenters. The first kappa shape index (κ1) is 15.5. The minimum Gasteiger partial charge on any atom is -0.481 e. The Labute approximate surface area is 130 Å². The second-order valence-corrected chi connectivity index (χ2v) is 5.63. The molecule has 0 spiro atoms. The number of nitrogens with one attached hydrogen (secondary N) is 1. The van der Waals surface area contributed by atoms with E-state index in [1.807, 2.05) is 25.1 Å². The minimum atomic E-state index is -0.858. The molecule has 0 aliphatic carbocycles. The van der Waals surface area contributed by atoms with Gasteiger partial charge in [0.25, 0.3) is 0 Å². The number of rotatable bonds is 5. The zero-order valence-corrected chi connectivity index (χ0v) is 13.1. The minimum absolute atomic E-state index is 0.00997. The summed E-state index contributed by atoms with van der Waals surface area (Å²) in [5.74, 6) is -1.16. The first-order valence-corrected chi connectivity index (χ1v) is 7.24. The largest absolute Gasteiger partial charge is 0.481 e. The van der Waals surface area contributed by atoms with Gasteiger partial charge in [-0.3, -0.25) is 4.79 Å². The summed E-state index contributed by atoms with van der Waals surface area (Å²) in [6, 6.07) is 10.5. The van der Waals surface area contributed by atoms with Gasteiger partial charge in [0.15, 0.2) is 0 Å². The summed E-state index contributed by atoms with van der Waals surface area (Å²) < 4.78 is 13.8. The van der Waals surface area contributed by atoms with E-state index in [1.165, 1.54) is 6.07 Å². The van der Waals surface area contributed by atoms with Crippen molar-refractivity contribution in [1.29, 1.82) is 0 Å². The normalized spacial score (nSPS) is 10.4. The Hall–Kier alpha value is -1.88. The Balaban J connectivity index is 2.17. The fourth-order valence-corrected chi connectivity index (χ4v) is 2.44. The van der Waals surface area contributed by atoms with Gasteiger partial charge in [-0.15, -0.1) is 0 Å². The van der Waals surface area contributed by atoms with Gasteiger partial charge in [0, 0.05) is 12.2 Å². The van der Waals surface area contributed by atoms with Gasteiger partial charge in [0.2, 0.25) is 0 Å². The monoisotopic (exact) mass is 351 g/mol. The van der Waals surface area contributed by atoms with E-state index in [1.54, 1.807) is 12.1 Å². The van der Waals surface area contributed by atoms with Gasteiger partial charge in [-0.25, -0.2) is 4.39 Å². The van der Waals surface area contributed by atoms with Crippen LogP contribution < -0.4 is 5.32 Å². The molecule has 2 rings (SSSR count). The van der Waals surface area contributed by atoms with Crippen LogP contribution in [0.5, 0.6) is 0 Å². The molecule has 3 nitrogen and oxygen atoms in total. The summed E-state index contributed by atoms with van der Waals surface area (Å²) in [5, 5.41) is 12.1. The van der Waals surface area contributed by atoms with E-state index in [9.17, 15) is 9.18 Å². The molecule has 0 saturated carbocycles. The fourth-order valence-electron chi connectivity index (χ4n) is 2.09. The van der Waals surface area contributed by atoms with Crippen LogP contribution in [0, 0.1) is 12.7 Å². The van der Waals surface area contributed by atoms with Crippen LogP contribution in [0.1, 0.15) is 16.7 Å². The Kier molecular flexibility index (Phi) is 4.96. The van der Waals surface area contributed by atoms with Gasteiger partial charge < -0.3 is 10.4 Å². The van der Waals surface area contributed by atoms with E-state index in [0.717, 1.165) is 22.4 Å². The van der Waals surface area contributed by atoms with Gasteiger partial charge in [0.05, 0.1) is 10.9 Å². The van der Waals surface area contributed by atoms with E-state index in [-0.39, 0.29) is 12.2 Å². The van der Waals surface area contributed by atoms with E-state index < -0.39 is 5.97 Å². The Morgan fingerprint density at radius 1 is 1.29 bits per heavy atom. The van der Waals surface area contributed by atoms with Gasteiger partial charge in [0.1, 0.15) is 5.82 Å². The van der Waals surface area contributed by atoms with E-state index in [2.05, 4.69) is 21.2 Å². The highest BCUT2D eigenvalue weighted by atomic mass is 79.9. The average molecular weight is 352 g/mol. The number of halogens is 2. The molecular weight excluding hydrogens is 337 g/mol. The number of carboxylic acid groups (broad SMARTS) is 1. The molecule has 0 aliphatic heterocycles. The summed E-state index contributed by atoms with van der Waals surface area (Å²) in [7, 11) is 0. The second-order valence-electron chi connectivity index (χ2n) is 4.77. The lowest BCUT2D eigenvalue weighted by Crippen LogP contribution is -2.08.